The molecule has 0 spiro atoms. The summed E-state index contributed by atoms with van der Waals surface area (Å²) in [6.07, 6.45) is 4.41. The van der Waals surface area contributed by atoms with Crippen molar-refractivity contribution in [3.05, 3.63) is 36.9 Å². The second-order valence-electron chi connectivity index (χ2n) is 6.52. The lowest BCUT2D eigenvalue weighted by molar-refractivity contribution is -0.117. The highest BCUT2D eigenvalue weighted by atomic mass is 32.2. The molecule has 1 fully saturated rings. The number of nitrogens with zero attached hydrogens (tertiary/aromatic N) is 1. The van der Waals surface area contributed by atoms with Gasteiger partial charge in [0.15, 0.2) is 9.84 Å². The Morgan fingerprint density at radius 1 is 1.42 bits per heavy atom. The molecule has 0 aromatic heterocycles. The van der Waals surface area contributed by atoms with Crippen LogP contribution in [0.15, 0.2) is 41.8 Å². The van der Waals surface area contributed by atoms with Gasteiger partial charge >= 0.3 is 0 Å². The van der Waals surface area contributed by atoms with Gasteiger partial charge < -0.3 is 5.32 Å². The lowest BCUT2D eigenvalue weighted by atomic mass is 10.2. The molecule has 2 rings (SSSR count). The van der Waals surface area contributed by atoms with Gasteiger partial charge in [-0.2, -0.15) is 0 Å². The van der Waals surface area contributed by atoms with Crippen LogP contribution in [0.3, 0.4) is 0 Å². The number of benzene rings is 1. The van der Waals surface area contributed by atoms with Crippen LogP contribution in [0.4, 0.5) is 5.69 Å². The van der Waals surface area contributed by atoms with E-state index >= 15 is 0 Å². The third-order valence-corrected chi connectivity index (χ3v) is 7.21. The van der Waals surface area contributed by atoms with Gasteiger partial charge in [0.1, 0.15) is 0 Å². The first-order valence-electron chi connectivity index (χ1n) is 9.02. The Morgan fingerprint density at radius 2 is 2.19 bits per heavy atom. The highest BCUT2D eigenvalue weighted by Crippen LogP contribution is 2.27. The predicted molar refractivity (Wildman–Crippen MR) is 110 cm³/mol. The van der Waals surface area contributed by atoms with Crippen molar-refractivity contribution in [2.45, 2.75) is 37.1 Å². The molecule has 1 aliphatic heterocycles. The fraction of sp³-hybridized carbons (Fsp3) is 0.526. The maximum absolute atomic E-state index is 12.6. The van der Waals surface area contributed by atoms with Crippen molar-refractivity contribution in [3.8, 4) is 0 Å². The second-order valence-corrected chi connectivity index (χ2v) is 9.82. The van der Waals surface area contributed by atoms with Gasteiger partial charge in [-0.3, -0.25) is 9.69 Å². The van der Waals surface area contributed by atoms with E-state index in [2.05, 4.69) is 18.8 Å². The van der Waals surface area contributed by atoms with Gasteiger partial charge in [0, 0.05) is 16.7 Å². The van der Waals surface area contributed by atoms with Crippen molar-refractivity contribution in [1.29, 1.82) is 0 Å². The Hall–Kier alpha value is -1.31. The van der Waals surface area contributed by atoms with E-state index in [0.29, 0.717) is 6.42 Å². The molecular weight excluding hydrogens is 368 g/mol. The van der Waals surface area contributed by atoms with E-state index in [4.69, 9.17) is 0 Å². The topological polar surface area (TPSA) is 66.5 Å². The molecule has 0 radical (unpaired) electrons. The van der Waals surface area contributed by atoms with Gasteiger partial charge in [0.25, 0.3) is 0 Å². The van der Waals surface area contributed by atoms with Crippen molar-refractivity contribution < 1.29 is 13.2 Å². The van der Waals surface area contributed by atoms with Gasteiger partial charge in [-0.25, -0.2) is 8.42 Å². The minimum Gasteiger partial charge on any atom is -0.324 e. The van der Waals surface area contributed by atoms with Crippen molar-refractivity contribution in [2.75, 3.05) is 35.7 Å². The lowest BCUT2D eigenvalue weighted by Gasteiger charge is -2.27. The highest BCUT2D eigenvalue weighted by molar-refractivity contribution is 7.99. The zero-order chi connectivity index (χ0) is 19.0. The molecular formula is C19H28N2O3S2. The van der Waals surface area contributed by atoms with Crippen LogP contribution in [0.2, 0.25) is 0 Å². The van der Waals surface area contributed by atoms with Crippen LogP contribution in [0.1, 0.15) is 26.2 Å². The largest absolute Gasteiger partial charge is 0.324 e. The maximum Gasteiger partial charge on any atom is 0.238 e. The normalized spacial score (nSPS) is 18.8. The number of thioether (sulfide) groups is 1. The van der Waals surface area contributed by atoms with E-state index in [0.717, 1.165) is 35.7 Å². The molecule has 1 heterocycles. The summed E-state index contributed by atoms with van der Waals surface area (Å²) >= 11 is 1.62. The first-order chi connectivity index (χ1) is 12.4. The number of rotatable bonds is 10. The zero-order valence-electron chi connectivity index (χ0n) is 15.3. The Balaban J connectivity index is 2.02. The quantitative estimate of drug-likeness (QED) is 0.486. The number of carbonyl (C=O) groups excluding carboxylic acids is 1. The molecule has 1 aliphatic rings. The fourth-order valence-electron chi connectivity index (χ4n) is 3.03. The maximum atomic E-state index is 12.6. The Kier molecular flexibility index (Phi) is 8.18. The highest BCUT2D eigenvalue weighted by Gasteiger charge is 2.32. The fourth-order valence-corrected chi connectivity index (χ4v) is 5.54. The lowest BCUT2D eigenvalue weighted by Crippen LogP contribution is -2.42. The van der Waals surface area contributed by atoms with Crippen molar-refractivity contribution >= 4 is 33.2 Å². The van der Waals surface area contributed by atoms with Crippen LogP contribution >= 0.6 is 11.8 Å². The summed E-state index contributed by atoms with van der Waals surface area (Å²) in [5.41, 5.74) is 0.791. The van der Waals surface area contributed by atoms with Gasteiger partial charge in [0.2, 0.25) is 5.91 Å². The van der Waals surface area contributed by atoms with Crippen LogP contribution in [0.25, 0.3) is 0 Å². The molecule has 0 bridgehead atoms. The summed E-state index contributed by atoms with van der Waals surface area (Å²) in [6, 6.07) is 7.65. The number of amides is 1. The molecule has 144 valence electrons. The number of para-hydroxylation sites is 1. The van der Waals surface area contributed by atoms with Crippen LogP contribution in [-0.4, -0.2) is 55.6 Å². The summed E-state index contributed by atoms with van der Waals surface area (Å²) in [5, 5.41) is 2.99. The Bertz CT molecular complexity index is 719. The average Bonchev–Trinajstić information content (AvgIpc) is 2.97. The Labute approximate surface area is 161 Å². The molecule has 1 unspecified atom stereocenters. The Morgan fingerprint density at radius 3 is 2.85 bits per heavy atom. The number of sulfone groups is 1. The van der Waals surface area contributed by atoms with E-state index in [-0.39, 0.29) is 30.0 Å². The van der Waals surface area contributed by atoms with Gasteiger partial charge in [-0.15, -0.1) is 18.3 Å². The van der Waals surface area contributed by atoms with Gasteiger partial charge in [-0.05, 0) is 31.5 Å². The zero-order valence-corrected chi connectivity index (χ0v) is 16.9. The summed E-state index contributed by atoms with van der Waals surface area (Å²) in [6.45, 7) is 6.79. The first-order valence-corrected chi connectivity index (χ1v) is 11.8. The van der Waals surface area contributed by atoms with E-state index in [1.54, 1.807) is 11.8 Å². The summed E-state index contributed by atoms with van der Waals surface area (Å²) in [4.78, 5) is 15.6. The molecule has 1 atom stereocenters. The molecule has 0 saturated carbocycles. The number of hydrogen-bond donors (Lipinski definition) is 1. The smallest absolute Gasteiger partial charge is 0.238 e. The van der Waals surface area contributed by atoms with Crippen molar-refractivity contribution in [1.82, 2.24) is 4.90 Å². The third kappa shape index (κ3) is 6.45. The number of unbranched alkanes of at least 4 members (excludes halogenated alkanes) is 1. The number of carbonyl (C=O) groups is 1. The van der Waals surface area contributed by atoms with Crippen molar-refractivity contribution in [2.24, 2.45) is 0 Å². The average molecular weight is 397 g/mol. The monoisotopic (exact) mass is 396 g/mol. The molecule has 1 saturated heterocycles. The van der Waals surface area contributed by atoms with Crippen molar-refractivity contribution in [3.63, 3.8) is 0 Å². The summed E-state index contributed by atoms with van der Waals surface area (Å²) in [7, 11) is -2.96. The summed E-state index contributed by atoms with van der Waals surface area (Å²) in [5.74, 6) is 1.06. The molecule has 1 aromatic carbocycles. The van der Waals surface area contributed by atoms with E-state index in [1.165, 1.54) is 0 Å². The van der Waals surface area contributed by atoms with E-state index in [1.807, 2.05) is 35.2 Å². The summed E-state index contributed by atoms with van der Waals surface area (Å²) < 4.78 is 23.6. The van der Waals surface area contributed by atoms with Crippen LogP contribution in [0, 0.1) is 0 Å². The van der Waals surface area contributed by atoms with E-state index in [9.17, 15) is 13.2 Å². The minimum atomic E-state index is -2.96. The predicted octanol–water partition coefficient (Wildman–Crippen LogP) is 3.19. The number of hydrogen-bond acceptors (Lipinski definition) is 5. The standard InChI is InChI=1S/C19H28N2O3S2/c1-3-5-11-21(16-10-13-26(23,24)15-16)14-19(22)20-17-8-6-7-9-18(17)25-12-4-2/h4,6-9,16H,2-3,5,10-15H2,1H3,(H,20,22). The minimum absolute atomic E-state index is 0.0531. The molecule has 1 amide bonds. The second kappa shape index (κ2) is 10.1. The SMILES string of the molecule is C=CCSc1ccccc1NC(=O)CN(CCCC)C1CCS(=O)(=O)C1. The van der Waals surface area contributed by atoms with E-state index < -0.39 is 9.84 Å². The molecule has 1 aromatic rings. The number of anilines is 1. The molecule has 5 nitrogen and oxygen atoms in total. The molecule has 1 N–H and O–H groups in total. The first kappa shape index (κ1) is 21.0. The molecule has 26 heavy (non-hydrogen) atoms. The van der Waals surface area contributed by atoms with Crippen LogP contribution in [-0.2, 0) is 14.6 Å². The third-order valence-electron chi connectivity index (χ3n) is 4.39. The molecule has 0 aliphatic carbocycles. The molecule has 7 heteroatoms. The van der Waals surface area contributed by atoms with Gasteiger partial charge in [-0.1, -0.05) is 31.6 Å². The van der Waals surface area contributed by atoms with Crippen LogP contribution in [0.5, 0.6) is 0 Å². The van der Waals surface area contributed by atoms with Gasteiger partial charge in [0.05, 0.1) is 23.7 Å². The number of nitrogens with one attached hydrogen (secondary N) is 1. The van der Waals surface area contributed by atoms with Crippen LogP contribution < -0.4 is 5.32 Å².